The van der Waals surface area contributed by atoms with Crippen molar-refractivity contribution in [2.75, 3.05) is 13.7 Å². The molecule has 2 atom stereocenters. The monoisotopic (exact) mass is 436 g/mol. The summed E-state index contributed by atoms with van der Waals surface area (Å²) < 4.78 is 5.63. The Balaban J connectivity index is 1.57. The summed E-state index contributed by atoms with van der Waals surface area (Å²) >= 11 is 0. The second kappa shape index (κ2) is 7.87. The summed E-state index contributed by atoms with van der Waals surface area (Å²) in [6.07, 6.45) is 6.39. The fraction of sp³-hybridized carbons (Fsp3) is 0.600. The minimum Gasteiger partial charge on any atom is -0.381 e. The molecule has 2 spiro atoms. The number of nitrogens with zero attached hydrogens (tertiary/aromatic N) is 1. The quantitative estimate of drug-likeness (QED) is 0.617. The van der Waals surface area contributed by atoms with E-state index in [1.165, 1.54) is 18.4 Å². The number of amides is 2. The maximum atomic E-state index is 14.1. The van der Waals surface area contributed by atoms with E-state index in [9.17, 15) is 9.59 Å². The number of nitrogens with two attached hydrogens (primary N) is 2. The van der Waals surface area contributed by atoms with E-state index in [1.54, 1.807) is 12.0 Å². The van der Waals surface area contributed by atoms with Crippen LogP contribution < -0.4 is 16.8 Å². The van der Waals surface area contributed by atoms with Crippen LogP contribution in [0.5, 0.6) is 0 Å². The third-order valence-electron chi connectivity index (χ3n) is 7.94. The Bertz CT molecular complexity index is 1000. The van der Waals surface area contributed by atoms with Crippen molar-refractivity contribution in [3.63, 3.8) is 0 Å². The molecule has 170 valence electrons. The van der Waals surface area contributed by atoms with Gasteiger partial charge in [0.05, 0.1) is 6.10 Å². The van der Waals surface area contributed by atoms with Crippen molar-refractivity contribution in [2.45, 2.75) is 69.3 Å². The van der Waals surface area contributed by atoms with Crippen molar-refractivity contribution < 1.29 is 14.3 Å². The third-order valence-corrected chi connectivity index (χ3v) is 7.94. The molecule has 1 aliphatic heterocycles. The summed E-state index contributed by atoms with van der Waals surface area (Å²) in [5.74, 6) is 6.67. The number of nitrogens with one attached hydrogen (secondary N) is 1. The van der Waals surface area contributed by atoms with E-state index >= 15 is 0 Å². The lowest BCUT2D eigenvalue weighted by atomic mass is 9.61. The third kappa shape index (κ3) is 3.33. The molecule has 0 aromatic heterocycles. The van der Waals surface area contributed by atoms with Gasteiger partial charge in [0.15, 0.2) is 0 Å². The zero-order valence-electron chi connectivity index (χ0n) is 18.7. The molecule has 4 aliphatic rings. The number of benzene rings is 1. The average Bonchev–Trinajstić information content (AvgIpc) is 3.52. The van der Waals surface area contributed by atoms with Crippen LogP contribution in [0.15, 0.2) is 18.2 Å². The summed E-state index contributed by atoms with van der Waals surface area (Å²) in [6, 6.07) is 6.31. The van der Waals surface area contributed by atoms with E-state index in [-0.39, 0.29) is 30.4 Å². The van der Waals surface area contributed by atoms with Gasteiger partial charge in [0, 0.05) is 37.0 Å². The van der Waals surface area contributed by atoms with Crippen molar-refractivity contribution >= 4 is 11.8 Å². The summed E-state index contributed by atoms with van der Waals surface area (Å²) in [5, 5.41) is 3.52. The van der Waals surface area contributed by atoms with Crippen LogP contribution in [0.1, 0.15) is 61.6 Å². The molecule has 2 unspecified atom stereocenters. The number of ether oxygens (including phenoxy) is 1. The highest BCUT2D eigenvalue weighted by Gasteiger charge is 2.67. The largest absolute Gasteiger partial charge is 0.381 e. The van der Waals surface area contributed by atoms with Crippen molar-refractivity contribution in [2.24, 2.45) is 22.8 Å². The lowest BCUT2D eigenvalue weighted by Gasteiger charge is -2.46. The first-order valence-electron chi connectivity index (χ1n) is 11.7. The summed E-state index contributed by atoms with van der Waals surface area (Å²) in [7, 11) is 1.76. The minimum atomic E-state index is -0.907. The van der Waals surface area contributed by atoms with Gasteiger partial charge in [-0.3, -0.25) is 20.6 Å². The Hall–Kier alpha value is -2.40. The van der Waals surface area contributed by atoms with Gasteiger partial charge in [0.25, 0.3) is 0 Å². The van der Waals surface area contributed by atoms with E-state index in [1.807, 2.05) is 0 Å². The van der Waals surface area contributed by atoms with Gasteiger partial charge in [0.2, 0.25) is 11.8 Å². The van der Waals surface area contributed by atoms with Crippen LogP contribution in [0.4, 0.5) is 0 Å². The number of hydrogen-bond acceptors (Lipinski definition) is 5. The van der Waals surface area contributed by atoms with Crippen LogP contribution in [-0.4, -0.2) is 42.8 Å². The molecule has 5 rings (SSSR count). The molecule has 0 radical (unpaired) electrons. The van der Waals surface area contributed by atoms with Crippen LogP contribution in [0.25, 0.3) is 0 Å². The number of carbonyl (C=O) groups excluding carboxylic acids is 2. The topological polar surface area (TPSA) is 111 Å². The minimum absolute atomic E-state index is 0.0480. The molecule has 32 heavy (non-hydrogen) atoms. The normalized spacial score (nSPS) is 33.4. The molecule has 1 aromatic rings. The Labute approximate surface area is 189 Å². The standard InChI is InChI=1S/C25H32N4O3/c1-32-19-8-11-24(12-9-19)15-18-7-6-17(5-4-16-2-3-16)14-20(18)25(24)22(31)29(23(27)28-25)13-10-21(26)30/h6-7,14,16,19,23,28H,2-3,8-13,15,27H2,1H3,(H2,26,30). The van der Waals surface area contributed by atoms with Gasteiger partial charge in [-0.05, 0) is 68.2 Å². The van der Waals surface area contributed by atoms with E-state index in [4.69, 9.17) is 16.2 Å². The van der Waals surface area contributed by atoms with Crippen LogP contribution in [0.3, 0.4) is 0 Å². The first-order chi connectivity index (χ1) is 15.4. The van der Waals surface area contributed by atoms with E-state index < -0.39 is 17.7 Å². The molecule has 7 nitrogen and oxygen atoms in total. The van der Waals surface area contributed by atoms with Crippen LogP contribution in [-0.2, 0) is 26.3 Å². The predicted octanol–water partition coefficient (Wildman–Crippen LogP) is 1.32. The molecular formula is C25H32N4O3. The van der Waals surface area contributed by atoms with Gasteiger partial charge in [-0.15, -0.1) is 0 Å². The van der Waals surface area contributed by atoms with Crippen molar-refractivity contribution in [1.29, 1.82) is 0 Å². The summed E-state index contributed by atoms with van der Waals surface area (Å²) in [4.78, 5) is 27.1. The van der Waals surface area contributed by atoms with Crippen molar-refractivity contribution in [3.8, 4) is 11.8 Å². The van der Waals surface area contributed by atoms with Crippen molar-refractivity contribution in [3.05, 3.63) is 34.9 Å². The van der Waals surface area contributed by atoms with Gasteiger partial charge in [-0.1, -0.05) is 17.9 Å². The molecule has 7 heteroatoms. The molecule has 5 N–H and O–H groups in total. The van der Waals surface area contributed by atoms with Gasteiger partial charge < -0.3 is 15.4 Å². The Morgan fingerprint density at radius 3 is 2.69 bits per heavy atom. The molecule has 1 heterocycles. The molecule has 1 saturated heterocycles. The van der Waals surface area contributed by atoms with Gasteiger partial charge in [-0.2, -0.15) is 0 Å². The van der Waals surface area contributed by atoms with E-state index in [2.05, 4.69) is 35.4 Å². The van der Waals surface area contributed by atoms with E-state index in [0.29, 0.717) is 5.92 Å². The maximum Gasteiger partial charge on any atom is 0.250 e. The van der Waals surface area contributed by atoms with Crippen LogP contribution >= 0.6 is 0 Å². The number of carbonyl (C=O) groups is 2. The first kappa shape index (κ1) is 21.4. The molecular weight excluding hydrogens is 404 g/mol. The maximum absolute atomic E-state index is 14.1. The number of primary amides is 1. The highest BCUT2D eigenvalue weighted by Crippen LogP contribution is 2.60. The zero-order chi connectivity index (χ0) is 22.5. The van der Waals surface area contributed by atoms with Crippen LogP contribution in [0, 0.1) is 23.2 Å². The molecule has 2 amide bonds. The molecule has 3 aliphatic carbocycles. The zero-order valence-corrected chi connectivity index (χ0v) is 18.7. The number of rotatable bonds is 4. The average molecular weight is 437 g/mol. The number of fused-ring (bicyclic) bond motifs is 3. The molecule has 2 saturated carbocycles. The second-order valence-electron chi connectivity index (χ2n) is 9.86. The lowest BCUT2D eigenvalue weighted by molar-refractivity contribution is -0.140. The lowest BCUT2D eigenvalue weighted by Crippen LogP contribution is -2.57. The number of hydrogen-bond donors (Lipinski definition) is 3. The fourth-order valence-corrected chi connectivity index (χ4v) is 6.03. The summed E-state index contributed by atoms with van der Waals surface area (Å²) in [5.41, 5.74) is 13.8. The Morgan fingerprint density at radius 1 is 1.28 bits per heavy atom. The first-order valence-corrected chi connectivity index (χ1v) is 11.7. The number of methoxy groups -OCH3 is 1. The molecule has 0 bridgehead atoms. The highest BCUT2D eigenvalue weighted by atomic mass is 16.5. The van der Waals surface area contributed by atoms with Gasteiger partial charge >= 0.3 is 0 Å². The SMILES string of the molecule is COC1CCC2(CC1)Cc1ccc(C#CC3CC3)cc1C21NC(N)N(CCC(N)=O)C1=O. The fourth-order valence-electron chi connectivity index (χ4n) is 6.03. The van der Waals surface area contributed by atoms with Crippen LogP contribution in [0.2, 0.25) is 0 Å². The summed E-state index contributed by atoms with van der Waals surface area (Å²) in [6.45, 7) is 0.220. The molecule has 1 aromatic carbocycles. The predicted molar refractivity (Wildman–Crippen MR) is 120 cm³/mol. The Kier molecular flexibility index (Phi) is 5.28. The second-order valence-corrected chi connectivity index (χ2v) is 9.86. The Morgan fingerprint density at radius 2 is 2.03 bits per heavy atom. The van der Waals surface area contributed by atoms with Gasteiger partial charge in [-0.25, -0.2) is 0 Å². The molecule has 3 fully saturated rings. The van der Waals surface area contributed by atoms with E-state index in [0.717, 1.165) is 43.2 Å². The van der Waals surface area contributed by atoms with Gasteiger partial charge in [0.1, 0.15) is 11.8 Å². The highest BCUT2D eigenvalue weighted by molar-refractivity contribution is 5.93. The van der Waals surface area contributed by atoms with Crippen molar-refractivity contribution in [1.82, 2.24) is 10.2 Å². The smallest absolute Gasteiger partial charge is 0.250 e.